The third-order valence-corrected chi connectivity index (χ3v) is 5.16. The van der Waals surface area contributed by atoms with E-state index in [1.165, 1.54) is 57.8 Å². The molecular weight excluding hydrogens is 210 g/mol. The predicted octanol–water partition coefficient (Wildman–Crippen LogP) is 3.10. The SMILES string of the molecule is CC(NCC1(CO)CCCC1)C1CCCCC1. The van der Waals surface area contributed by atoms with Gasteiger partial charge in [-0.2, -0.15) is 0 Å². The number of aliphatic hydroxyl groups excluding tert-OH is 1. The molecule has 0 saturated heterocycles. The largest absolute Gasteiger partial charge is 0.396 e. The fraction of sp³-hybridized carbons (Fsp3) is 1.00. The highest BCUT2D eigenvalue weighted by atomic mass is 16.3. The fourth-order valence-electron chi connectivity index (χ4n) is 3.69. The molecule has 0 bridgehead atoms. The zero-order valence-electron chi connectivity index (χ0n) is 11.4. The first kappa shape index (κ1) is 13.4. The van der Waals surface area contributed by atoms with Crippen molar-refractivity contribution in [3.05, 3.63) is 0 Å². The van der Waals surface area contributed by atoms with E-state index in [1.54, 1.807) is 0 Å². The van der Waals surface area contributed by atoms with E-state index in [4.69, 9.17) is 0 Å². The molecular formula is C15H29NO. The van der Waals surface area contributed by atoms with Crippen molar-refractivity contribution in [2.24, 2.45) is 11.3 Å². The predicted molar refractivity (Wildman–Crippen MR) is 72.0 cm³/mol. The second-order valence-electron chi connectivity index (χ2n) is 6.43. The molecule has 0 radical (unpaired) electrons. The maximum absolute atomic E-state index is 9.60. The van der Waals surface area contributed by atoms with Gasteiger partial charge in [0.2, 0.25) is 0 Å². The Morgan fingerprint density at radius 3 is 2.35 bits per heavy atom. The van der Waals surface area contributed by atoms with Crippen molar-refractivity contribution in [2.75, 3.05) is 13.2 Å². The molecule has 2 nitrogen and oxygen atoms in total. The second kappa shape index (κ2) is 6.19. The monoisotopic (exact) mass is 239 g/mol. The molecule has 0 aromatic heterocycles. The van der Waals surface area contributed by atoms with Crippen molar-refractivity contribution in [1.82, 2.24) is 5.32 Å². The van der Waals surface area contributed by atoms with Crippen LogP contribution >= 0.6 is 0 Å². The van der Waals surface area contributed by atoms with Gasteiger partial charge in [-0.25, -0.2) is 0 Å². The summed E-state index contributed by atoms with van der Waals surface area (Å²) in [7, 11) is 0. The molecule has 2 aliphatic rings. The first-order chi connectivity index (χ1) is 8.26. The third kappa shape index (κ3) is 3.45. The van der Waals surface area contributed by atoms with Crippen LogP contribution in [0.15, 0.2) is 0 Å². The average molecular weight is 239 g/mol. The molecule has 1 atom stereocenters. The van der Waals surface area contributed by atoms with Gasteiger partial charge in [-0.1, -0.05) is 32.1 Å². The van der Waals surface area contributed by atoms with Crippen LogP contribution in [0, 0.1) is 11.3 Å². The van der Waals surface area contributed by atoms with Gasteiger partial charge in [0.25, 0.3) is 0 Å². The van der Waals surface area contributed by atoms with Crippen molar-refractivity contribution in [2.45, 2.75) is 70.8 Å². The summed E-state index contributed by atoms with van der Waals surface area (Å²) in [5.74, 6) is 0.876. The van der Waals surface area contributed by atoms with E-state index in [9.17, 15) is 5.11 Å². The zero-order valence-corrected chi connectivity index (χ0v) is 11.4. The summed E-state index contributed by atoms with van der Waals surface area (Å²) in [6.45, 7) is 3.74. The lowest BCUT2D eigenvalue weighted by Crippen LogP contribution is -2.42. The van der Waals surface area contributed by atoms with E-state index in [-0.39, 0.29) is 5.41 Å². The van der Waals surface area contributed by atoms with E-state index >= 15 is 0 Å². The van der Waals surface area contributed by atoms with Crippen LogP contribution in [-0.4, -0.2) is 24.3 Å². The van der Waals surface area contributed by atoms with Crippen molar-refractivity contribution in [3.63, 3.8) is 0 Å². The number of aliphatic hydroxyl groups is 1. The Kier molecular flexibility index (Phi) is 4.87. The summed E-state index contributed by atoms with van der Waals surface area (Å²) < 4.78 is 0. The van der Waals surface area contributed by atoms with Gasteiger partial charge < -0.3 is 10.4 Å². The quantitative estimate of drug-likeness (QED) is 0.772. The molecule has 2 saturated carbocycles. The molecule has 0 aliphatic heterocycles. The summed E-state index contributed by atoms with van der Waals surface area (Å²) in [6, 6.07) is 0.638. The van der Waals surface area contributed by atoms with Gasteiger partial charge in [0.1, 0.15) is 0 Å². The minimum Gasteiger partial charge on any atom is -0.396 e. The molecule has 100 valence electrons. The van der Waals surface area contributed by atoms with Gasteiger partial charge in [-0.05, 0) is 38.5 Å². The minimum atomic E-state index is 0.211. The smallest absolute Gasteiger partial charge is 0.0499 e. The Morgan fingerprint density at radius 2 is 1.76 bits per heavy atom. The molecule has 2 heteroatoms. The molecule has 0 heterocycles. The van der Waals surface area contributed by atoms with Gasteiger partial charge in [-0.3, -0.25) is 0 Å². The van der Waals surface area contributed by atoms with E-state index in [0.29, 0.717) is 12.6 Å². The van der Waals surface area contributed by atoms with Crippen LogP contribution in [0.3, 0.4) is 0 Å². The Hall–Kier alpha value is -0.0800. The van der Waals surface area contributed by atoms with Crippen LogP contribution in [0.1, 0.15) is 64.7 Å². The van der Waals surface area contributed by atoms with E-state index < -0.39 is 0 Å². The van der Waals surface area contributed by atoms with E-state index in [2.05, 4.69) is 12.2 Å². The van der Waals surface area contributed by atoms with Crippen LogP contribution < -0.4 is 5.32 Å². The number of hydrogen-bond donors (Lipinski definition) is 2. The number of rotatable bonds is 5. The van der Waals surface area contributed by atoms with Gasteiger partial charge >= 0.3 is 0 Å². The molecule has 0 spiro atoms. The summed E-state index contributed by atoms with van der Waals surface area (Å²) in [5, 5.41) is 13.3. The van der Waals surface area contributed by atoms with Crippen LogP contribution in [0.25, 0.3) is 0 Å². The summed E-state index contributed by atoms with van der Waals surface area (Å²) >= 11 is 0. The normalized spacial score (nSPS) is 27.2. The lowest BCUT2D eigenvalue weighted by molar-refractivity contribution is 0.119. The zero-order chi connectivity index (χ0) is 12.1. The molecule has 2 fully saturated rings. The number of nitrogens with one attached hydrogen (secondary N) is 1. The lowest BCUT2D eigenvalue weighted by Gasteiger charge is -2.33. The fourth-order valence-corrected chi connectivity index (χ4v) is 3.69. The first-order valence-corrected chi connectivity index (χ1v) is 7.60. The Labute approximate surface area is 106 Å². The number of hydrogen-bond acceptors (Lipinski definition) is 2. The Morgan fingerprint density at radius 1 is 1.12 bits per heavy atom. The second-order valence-corrected chi connectivity index (χ2v) is 6.43. The highest BCUT2D eigenvalue weighted by molar-refractivity contribution is 4.88. The maximum Gasteiger partial charge on any atom is 0.0499 e. The highest BCUT2D eigenvalue weighted by Crippen LogP contribution is 2.37. The Balaban J connectivity index is 1.76. The molecule has 17 heavy (non-hydrogen) atoms. The standard InChI is InChI=1S/C15H29NO/c1-13(14-7-3-2-4-8-14)16-11-15(12-17)9-5-6-10-15/h13-14,16-17H,2-12H2,1H3. The van der Waals surface area contributed by atoms with Crippen LogP contribution in [-0.2, 0) is 0 Å². The maximum atomic E-state index is 9.60. The summed E-state index contributed by atoms with van der Waals surface area (Å²) in [6.07, 6.45) is 12.1. The Bertz CT molecular complexity index is 217. The average Bonchev–Trinajstić information content (AvgIpc) is 2.86. The van der Waals surface area contributed by atoms with Gasteiger partial charge in [0, 0.05) is 24.6 Å². The van der Waals surface area contributed by atoms with Crippen molar-refractivity contribution >= 4 is 0 Å². The van der Waals surface area contributed by atoms with E-state index in [0.717, 1.165) is 12.5 Å². The van der Waals surface area contributed by atoms with Crippen LogP contribution in [0.2, 0.25) is 0 Å². The van der Waals surface area contributed by atoms with E-state index in [1.807, 2.05) is 0 Å². The van der Waals surface area contributed by atoms with Crippen LogP contribution in [0.4, 0.5) is 0 Å². The molecule has 2 aliphatic carbocycles. The minimum absolute atomic E-state index is 0.211. The highest BCUT2D eigenvalue weighted by Gasteiger charge is 2.33. The molecule has 2 rings (SSSR count). The van der Waals surface area contributed by atoms with Gasteiger partial charge in [-0.15, -0.1) is 0 Å². The molecule has 0 aromatic rings. The van der Waals surface area contributed by atoms with Crippen molar-refractivity contribution < 1.29 is 5.11 Å². The molecule has 1 unspecified atom stereocenters. The topological polar surface area (TPSA) is 32.3 Å². The first-order valence-electron chi connectivity index (χ1n) is 7.60. The third-order valence-electron chi connectivity index (χ3n) is 5.16. The van der Waals surface area contributed by atoms with Gasteiger partial charge in [0.15, 0.2) is 0 Å². The van der Waals surface area contributed by atoms with Crippen LogP contribution in [0.5, 0.6) is 0 Å². The molecule has 2 N–H and O–H groups in total. The molecule has 0 aromatic carbocycles. The van der Waals surface area contributed by atoms with Crippen molar-refractivity contribution in [3.8, 4) is 0 Å². The summed E-state index contributed by atoms with van der Waals surface area (Å²) in [4.78, 5) is 0. The summed E-state index contributed by atoms with van der Waals surface area (Å²) in [5.41, 5.74) is 0.211. The van der Waals surface area contributed by atoms with Gasteiger partial charge in [0.05, 0.1) is 0 Å². The van der Waals surface area contributed by atoms with Crippen molar-refractivity contribution in [1.29, 1.82) is 0 Å². The molecule has 0 amide bonds. The lowest BCUT2D eigenvalue weighted by atomic mass is 9.83.